The van der Waals surface area contributed by atoms with Crippen molar-refractivity contribution >= 4 is 15.5 Å². The smallest absolute Gasteiger partial charge is 0.175 e. The van der Waals surface area contributed by atoms with Crippen molar-refractivity contribution in [1.29, 1.82) is 0 Å². The van der Waals surface area contributed by atoms with Gasteiger partial charge in [0, 0.05) is 25.0 Å². The van der Waals surface area contributed by atoms with Gasteiger partial charge in [-0.3, -0.25) is 0 Å². The van der Waals surface area contributed by atoms with Crippen LogP contribution in [0.3, 0.4) is 0 Å². The van der Waals surface area contributed by atoms with Gasteiger partial charge >= 0.3 is 0 Å². The average molecular weight is 286 g/mol. The van der Waals surface area contributed by atoms with Gasteiger partial charge in [-0.15, -0.1) is 0 Å². The molecule has 0 atom stereocenters. The van der Waals surface area contributed by atoms with Gasteiger partial charge < -0.3 is 15.0 Å². The van der Waals surface area contributed by atoms with Gasteiger partial charge in [-0.2, -0.15) is 0 Å². The Morgan fingerprint density at radius 2 is 1.79 bits per heavy atom. The second kappa shape index (κ2) is 7.47. The van der Waals surface area contributed by atoms with E-state index in [-0.39, 0.29) is 0 Å². The number of anilines is 1. The van der Waals surface area contributed by atoms with E-state index >= 15 is 0 Å². The summed E-state index contributed by atoms with van der Waals surface area (Å²) in [7, 11) is 0.892. The molecule has 0 saturated heterocycles. The van der Waals surface area contributed by atoms with Gasteiger partial charge in [0.15, 0.2) is 9.84 Å². The molecule has 108 valence electrons. The Balaban J connectivity index is 2.27. The molecule has 0 fully saturated rings. The van der Waals surface area contributed by atoms with E-state index in [4.69, 9.17) is 4.74 Å². The highest BCUT2D eigenvalue weighted by atomic mass is 32.2. The third kappa shape index (κ3) is 6.56. The van der Waals surface area contributed by atoms with Crippen LogP contribution in [0.1, 0.15) is 0 Å². The van der Waals surface area contributed by atoms with Crippen molar-refractivity contribution in [1.82, 2.24) is 4.90 Å². The molecule has 0 aliphatic heterocycles. The quantitative estimate of drug-likeness (QED) is 0.725. The Bertz CT molecular complexity index is 469. The number of benzene rings is 1. The molecule has 0 bridgehead atoms. The van der Waals surface area contributed by atoms with Crippen molar-refractivity contribution in [3.8, 4) is 0 Å². The Morgan fingerprint density at radius 1 is 1.16 bits per heavy atom. The van der Waals surface area contributed by atoms with Crippen LogP contribution < -0.4 is 5.32 Å². The third-order valence-corrected chi connectivity index (χ3v) is 3.67. The summed E-state index contributed by atoms with van der Waals surface area (Å²) in [6.07, 6.45) is 1.20. The molecule has 19 heavy (non-hydrogen) atoms. The van der Waals surface area contributed by atoms with Crippen molar-refractivity contribution in [2.24, 2.45) is 0 Å². The minimum atomic E-state index is -3.12. The maximum Gasteiger partial charge on any atom is 0.175 e. The predicted octanol–water partition coefficient (Wildman–Crippen LogP) is 1.08. The zero-order valence-corrected chi connectivity index (χ0v) is 12.5. The molecule has 0 aliphatic carbocycles. The maximum absolute atomic E-state index is 11.3. The minimum Gasteiger partial charge on any atom is -0.383 e. The van der Waals surface area contributed by atoms with Crippen LogP contribution in [-0.4, -0.2) is 60.0 Å². The first-order valence-electron chi connectivity index (χ1n) is 6.16. The van der Waals surface area contributed by atoms with E-state index < -0.39 is 9.84 Å². The lowest BCUT2D eigenvalue weighted by Crippen LogP contribution is -2.20. The normalized spacial score (nSPS) is 11.8. The van der Waals surface area contributed by atoms with Crippen LogP contribution in [0.4, 0.5) is 5.69 Å². The Labute approximate surface area is 115 Å². The van der Waals surface area contributed by atoms with E-state index in [1.807, 2.05) is 14.1 Å². The second-order valence-electron chi connectivity index (χ2n) is 4.64. The van der Waals surface area contributed by atoms with Crippen LogP contribution in [0.25, 0.3) is 0 Å². The van der Waals surface area contributed by atoms with Gasteiger partial charge in [0.2, 0.25) is 0 Å². The van der Waals surface area contributed by atoms with Gasteiger partial charge in [-0.1, -0.05) is 0 Å². The summed E-state index contributed by atoms with van der Waals surface area (Å²) in [5.41, 5.74) is 0.892. The SMILES string of the molecule is CN(C)CCOCCNc1ccc(S(C)(=O)=O)cc1. The number of sulfone groups is 1. The molecule has 0 radical (unpaired) electrons. The molecule has 5 nitrogen and oxygen atoms in total. The molecule has 0 saturated carbocycles. The van der Waals surface area contributed by atoms with Crippen LogP contribution >= 0.6 is 0 Å². The fourth-order valence-corrected chi connectivity index (χ4v) is 2.07. The summed E-state index contributed by atoms with van der Waals surface area (Å²) in [5.74, 6) is 0. The summed E-state index contributed by atoms with van der Waals surface area (Å²) >= 11 is 0. The summed E-state index contributed by atoms with van der Waals surface area (Å²) in [4.78, 5) is 2.40. The fourth-order valence-electron chi connectivity index (χ4n) is 1.44. The lowest BCUT2D eigenvalue weighted by molar-refractivity contribution is 0.126. The van der Waals surface area contributed by atoms with Crippen LogP contribution in [-0.2, 0) is 14.6 Å². The maximum atomic E-state index is 11.3. The first-order valence-corrected chi connectivity index (χ1v) is 8.05. The van der Waals surface area contributed by atoms with Gasteiger partial charge in [0.05, 0.1) is 18.1 Å². The number of ether oxygens (including phenoxy) is 1. The van der Waals surface area contributed by atoms with Crippen LogP contribution in [0.15, 0.2) is 29.2 Å². The highest BCUT2D eigenvalue weighted by molar-refractivity contribution is 7.90. The number of hydrogen-bond donors (Lipinski definition) is 1. The average Bonchev–Trinajstić information content (AvgIpc) is 2.32. The highest BCUT2D eigenvalue weighted by Gasteiger charge is 2.05. The molecule has 0 heterocycles. The van der Waals surface area contributed by atoms with Gasteiger partial charge in [0.1, 0.15) is 0 Å². The minimum absolute atomic E-state index is 0.334. The van der Waals surface area contributed by atoms with Crippen molar-refractivity contribution in [2.45, 2.75) is 4.90 Å². The summed E-state index contributed by atoms with van der Waals surface area (Å²) in [5, 5.41) is 3.18. The van der Waals surface area contributed by atoms with Crippen LogP contribution in [0.2, 0.25) is 0 Å². The first kappa shape index (κ1) is 15.9. The molecule has 1 aromatic rings. The van der Waals surface area contributed by atoms with Crippen molar-refractivity contribution in [3.05, 3.63) is 24.3 Å². The standard InChI is InChI=1S/C13H22N2O3S/c1-15(2)9-11-18-10-8-14-12-4-6-13(7-5-12)19(3,16)17/h4-7,14H,8-11H2,1-3H3. The molecular weight excluding hydrogens is 264 g/mol. The summed E-state index contributed by atoms with van der Waals surface area (Å²) in [6.45, 7) is 2.94. The van der Waals surface area contributed by atoms with Crippen molar-refractivity contribution in [3.63, 3.8) is 0 Å². The Kier molecular flexibility index (Phi) is 6.27. The zero-order chi connectivity index (χ0) is 14.3. The molecule has 1 N–H and O–H groups in total. The van der Waals surface area contributed by atoms with Gasteiger partial charge in [-0.25, -0.2) is 8.42 Å². The molecule has 0 amide bonds. The lowest BCUT2D eigenvalue weighted by atomic mass is 10.3. The van der Waals surface area contributed by atoms with E-state index in [0.717, 1.165) is 12.2 Å². The predicted molar refractivity (Wildman–Crippen MR) is 77.4 cm³/mol. The summed E-state index contributed by atoms with van der Waals surface area (Å²) < 4.78 is 28.0. The Hall–Kier alpha value is -1.11. The van der Waals surface area contributed by atoms with Crippen LogP contribution in [0, 0.1) is 0 Å². The molecule has 0 aromatic heterocycles. The van der Waals surface area contributed by atoms with Crippen molar-refractivity contribution in [2.75, 3.05) is 52.0 Å². The topological polar surface area (TPSA) is 58.6 Å². The van der Waals surface area contributed by atoms with Gasteiger partial charge in [-0.05, 0) is 38.4 Å². The van der Waals surface area contributed by atoms with Crippen molar-refractivity contribution < 1.29 is 13.2 Å². The molecule has 0 unspecified atom stereocenters. The molecule has 6 heteroatoms. The largest absolute Gasteiger partial charge is 0.383 e. The van der Waals surface area contributed by atoms with Gasteiger partial charge in [0.25, 0.3) is 0 Å². The number of rotatable bonds is 8. The second-order valence-corrected chi connectivity index (χ2v) is 6.65. The monoisotopic (exact) mass is 286 g/mol. The summed E-state index contributed by atoms with van der Waals surface area (Å²) in [6, 6.07) is 6.72. The van der Waals surface area contributed by atoms with E-state index in [2.05, 4.69) is 10.2 Å². The molecule has 0 spiro atoms. The third-order valence-electron chi connectivity index (χ3n) is 2.54. The number of nitrogens with zero attached hydrogens (tertiary/aromatic N) is 1. The number of likely N-dealkylation sites (N-methyl/N-ethyl adjacent to an activating group) is 1. The highest BCUT2D eigenvalue weighted by Crippen LogP contribution is 2.13. The van der Waals surface area contributed by atoms with Crippen LogP contribution in [0.5, 0.6) is 0 Å². The number of hydrogen-bond acceptors (Lipinski definition) is 5. The molecule has 1 aromatic carbocycles. The zero-order valence-electron chi connectivity index (χ0n) is 11.7. The first-order chi connectivity index (χ1) is 8.89. The Morgan fingerprint density at radius 3 is 2.32 bits per heavy atom. The van der Waals surface area contributed by atoms with E-state index in [1.165, 1.54) is 6.26 Å². The molecule has 1 rings (SSSR count). The number of nitrogens with one attached hydrogen (secondary N) is 1. The molecular formula is C13H22N2O3S. The molecule has 0 aliphatic rings. The van der Waals surface area contributed by atoms with E-state index in [1.54, 1.807) is 24.3 Å². The van der Waals surface area contributed by atoms with E-state index in [0.29, 0.717) is 24.7 Å². The van der Waals surface area contributed by atoms with E-state index in [9.17, 15) is 8.42 Å². The lowest BCUT2D eigenvalue weighted by Gasteiger charge is -2.11. The fraction of sp³-hybridized carbons (Fsp3) is 0.538.